The SMILES string of the molecule is COc1ccccc1C(CN1CCNCC1)N(C)c1ccccc1. The van der Waals surface area contributed by atoms with Gasteiger partial charge in [0.15, 0.2) is 0 Å². The predicted octanol–water partition coefficient (Wildman–Crippen LogP) is 2.78. The fourth-order valence-corrected chi connectivity index (χ4v) is 3.35. The molecule has 0 bridgehead atoms. The van der Waals surface area contributed by atoms with Crippen LogP contribution in [0.15, 0.2) is 54.6 Å². The summed E-state index contributed by atoms with van der Waals surface area (Å²) in [6, 6.07) is 19.2. The van der Waals surface area contributed by atoms with Crippen molar-refractivity contribution in [3.63, 3.8) is 0 Å². The van der Waals surface area contributed by atoms with Gasteiger partial charge < -0.3 is 15.0 Å². The zero-order valence-corrected chi connectivity index (χ0v) is 14.6. The summed E-state index contributed by atoms with van der Waals surface area (Å²) in [7, 11) is 3.93. The fraction of sp³-hybridized carbons (Fsp3) is 0.400. The number of para-hydroxylation sites is 2. The van der Waals surface area contributed by atoms with Crippen LogP contribution in [0.3, 0.4) is 0 Å². The number of piperazine rings is 1. The van der Waals surface area contributed by atoms with Crippen molar-refractivity contribution < 1.29 is 4.74 Å². The molecule has 0 spiro atoms. The molecule has 0 radical (unpaired) electrons. The van der Waals surface area contributed by atoms with Crippen LogP contribution in [-0.2, 0) is 0 Å². The number of benzene rings is 2. The molecular weight excluding hydrogens is 298 g/mol. The minimum absolute atomic E-state index is 0.252. The maximum atomic E-state index is 5.64. The van der Waals surface area contributed by atoms with Gasteiger partial charge >= 0.3 is 0 Å². The van der Waals surface area contributed by atoms with E-state index < -0.39 is 0 Å². The number of likely N-dealkylation sites (N-methyl/N-ethyl adjacent to an activating group) is 1. The first-order valence-electron chi connectivity index (χ1n) is 8.63. The average Bonchev–Trinajstić information content (AvgIpc) is 2.67. The summed E-state index contributed by atoms with van der Waals surface area (Å²) in [6.07, 6.45) is 0. The lowest BCUT2D eigenvalue weighted by molar-refractivity contribution is 0.225. The Morgan fingerprint density at radius 2 is 1.71 bits per heavy atom. The second kappa shape index (κ2) is 8.18. The van der Waals surface area contributed by atoms with Gasteiger partial charge in [0.2, 0.25) is 0 Å². The summed E-state index contributed by atoms with van der Waals surface area (Å²) in [6.45, 7) is 5.30. The van der Waals surface area contributed by atoms with Crippen molar-refractivity contribution in [2.24, 2.45) is 0 Å². The molecule has 1 unspecified atom stereocenters. The van der Waals surface area contributed by atoms with Crippen LogP contribution in [0.5, 0.6) is 5.75 Å². The molecule has 1 fully saturated rings. The number of nitrogens with one attached hydrogen (secondary N) is 1. The van der Waals surface area contributed by atoms with Gasteiger partial charge in [-0.1, -0.05) is 36.4 Å². The van der Waals surface area contributed by atoms with Gasteiger partial charge in [0.25, 0.3) is 0 Å². The molecule has 128 valence electrons. The van der Waals surface area contributed by atoms with Crippen LogP contribution in [-0.4, -0.2) is 51.8 Å². The molecule has 0 aliphatic carbocycles. The lowest BCUT2D eigenvalue weighted by Crippen LogP contribution is -2.47. The lowest BCUT2D eigenvalue weighted by Gasteiger charge is -2.37. The molecule has 4 nitrogen and oxygen atoms in total. The van der Waals surface area contributed by atoms with E-state index in [0.29, 0.717) is 0 Å². The summed E-state index contributed by atoms with van der Waals surface area (Å²) in [5.41, 5.74) is 2.47. The third-order valence-corrected chi connectivity index (χ3v) is 4.77. The van der Waals surface area contributed by atoms with Crippen molar-refractivity contribution in [2.75, 3.05) is 51.8 Å². The highest BCUT2D eigenvalue weighted by molar-refractivity contribution is 5.50. The van der Waals surface area contributed by atoms with Crippen LogP contribution >= 0.6 is 0 Å². The van der Waals surface area contributed by atoms with Gasteiger partial charge in [-0.25, -0.2) is 0 Å². The Kier molecular flexibility index (Phi) is 5.72. The molecule has 0 aromatic heterocycles. The molecule has 1 aliphatic rings. The van der Waals surface area contributed by atoms with Crippen LogP contribution in [0, 0.1) is 0 Å². The first kappa shape index (κ1) is 16.8. The maximum Gasteiger partial charge on any atom is 0.124 e. The Balaban J connectivity index is 1.90. The van der Waals surface area contributed by atoms with Crippen molar-refractivity contribution in [2.45, 2.75) is 6.04 Å². The van der Waals surface area contributed by atoms with Gasteiger partial charge in [-0.3, -0.25) is 4.90 Å². The number of methoxy groups -OCH3 is 1. The lowest BCUT2D eigenvalue weighted by atomic mass is 10.0. The minimum Gasteiger partial charge on any atom is -0.496 e. The third-order valence-electron chi connectivity index (χ3n) is 4.77. The molecule has 2 aromatic carbocycles. The summed E-state index contributed by atoms with van der Waals surface area (Å²) in [5.74, 6) is 0.959. The van der Waals surface area contributed by atoms with Gasteiger partial charge in [0.05, 0.1) is 13.2 Å². The van der Waals surface area contributed by atoms with E-state index in [4.69, 9.17) is 4.74 Å². The Hall–Kier alpha value is -2.04. The van der Waals surface area contributed by atoms with E-state index in [2.05, 4.69) is 70.7 Å². The van der Waals surface area contributed by atoms with Crippen molar-refractivity contribution in [1.82, 2.24) is 10.2 Å². The maximum absolute atomic E-state index is 5.64. The van der Waals surface area contributed by atoms with Gasteiger partial charge in [-0.05, 0) is 18.2 Å². The summed E-state index contributed by atoms with van der Waals surface area (Å²) in [4.78, 5) is 4.90. The van der Waals surface area contributed by atoms with Crippen LogP contribution in [0.2, 0.25) is 0 Å². The molecule has 1 heterocycles. The van der Waals surface area contributed by atoms with Gasteiger partial charge in [-0.2, -0.15) is 0 Å². The molecule has 3 rings (SSSR count). The standard InChI is InChI=1S/C20H27N3O/c1-22(17-8-4-3-5-9-17)19(16-23-14-12-21-13-15-23)18-10-6-7-11-20(18)24-2/h3-11,19,21H,12-16H2,1-2H3. The van der Waals surface area contributed by atoms with E-state index in [1.807, 2.05) is 6.07 Å². The molecule has 1 saturated heterocycles. The molecule has 0 amide bonds. The number of rotatable bonds is 6. The van der Waals surface area contributed by atoms with Gasteiger partial charge in [0.1, 0.15) is 5.75 Å². The highest BCUT2D eigenvalue weighted by Crippen LogP contribution is 2.32. The molecule has 2 aromatic rings. The van der Waals surface area contributed by atoms with Crippen molar-refractivity contribution in [3.8, 4) is 5.75 Å². The second-order valence-electron chi connectivity index (χ2n) is 6.25. The van der Waals surface area contributed by atoms with Gasteiger partial charge in [-0.15, -0.1) is 0 Å². The molecule has 1 aliphatic heterocycles. The zero-order valence-electron chi connectivity index (χ0n) is 14.6. The summed E-state index contributed by atoms with van der Waals surface area (Å²) < 4.78 is 5.64. The molecule has 0 saturated carbocycles. The van der Waals surface area contributed by atoms with E-state index >= 15 is 0 Å². The quantitative estimate of drug-likeness (QED) is 0.884. The Morgan fingerprint density at radius 1 is 1.04 bits per heavy atom. The van der Waals surface area contributed by atoms with Gasteiger partial charge in [0, 0.05) is 51.0 Å². The number of nitrogens with zero attached hydrogens (tertiary/aromatic N) is 2. The van der Waals surface area contributed by atoms with Crippen molar-refractivity contribution in [1.29, 1.82) is 0 Å². The monoisotopic (exact) mass is 325 g/mol. The largest absolute Gasteiger partial charge is 0.496 e. The number of anilines is 1. The Bertz CT molecular complexity index is 626. The molecule has 1 atom stereocenters. The van der Waals surface area contributed by atoms with Crippen LogP contribution in [0.1, 0.15) is 11.6 Å². The molecule has 24 heavy (non-hydrogen) atoms. The number of hydrogen-bond donors (Lipinski definition) is 1. The van der Waals surface area contributed by atoms with E-state index in [-0.39, 0.29) is 6.04 Å². The number of ether oxygens (including phenoxy) is 1. The minimum atomic E-state index is 0.252. The third kappa shape index (κ3) is 3.89. The highest BCUT2D eigenvalue weighted by Gasteiger charge is 2.24. The van der Waals surface area contributed by atoms with E-state index in [9.17, 15) is 0 Å². The van der Waals surface area contributed by atoms with Crippen LogP contribution < -0.4 is 15.0 Å². The molecular formula is C20H27N3O. The summed E-state index contributed by atoms with van der Waals surface area (Å²) >= 11 is 0. The zero-order chi connectivity index (χ0) is 16.8. The number of hydrogen-bond acceptors (Lipinski definition) is 4. The Labute approximate surface area is 145 Å². The van der Waals surface area contributed by atoms with Crippen LogP contribution in [0.25, 0.3) is 0 Å². The normalized spacial score (nSPS) is 16.6. The second-order valence-corrected chi connectivity index (χ2v) is 6.25. The van der Waals surface area contributed by atoms with Crippen molar-refractivity contribution >= 4 is 5.69 Å². The topological polar surface area (TPSA) is 27.7 Å². The first-order chi connectivity index (χ1) is 11.8. The van der Waals surface area contributed by atoms with Crippen molar-refractivity contribution in [3.05, 3.63) is 60.2 Å². The summed E-state index contributed by atoms with van der Waals surface area (Å²) in [5, 5.41) is 3.43. The van der Waals surface area contributed by atoms with Crippen LogP contribution in [0.4, 0.5) is 5.69 Å². The molecule has 4 heteroatoms. The Morgan fingerprint density at radius 3 is 2.42 bits per heavy atom. The highest BCUT2D eigenvalue weighted by atomic mass is 16.5. The average molecular weight is 325 g/mol. The smallest absolute Gasteiger partial charge is 0.124 e. The molecule has 1 N–H and O–H groups in total. The van der Waals surface area contributed by atoms with E-state index in [0.717, 1.165) is 38.5 Å². The predicted molar refractivity (Wildman–Crippen MR) is 99.9 cm³/mol. The van der Waals surface area contributed by atoms with E-state index in [1.165, 1.54) is 11.3 Å². The van der Waals surface area contributed by atoms with E-state index in [1.54, 1.807) is 7.11 Å². The fourth-order valence-electron chi connectivity index (χ4n) is 3.35. The first-order valence-corrected chi connectivity index (χ1v) is 8.63.